The summed E-state index contributed by atoms with van der Waals surface area (Å²) in [5, 5.41) is 0. The third-order valence-electron chi connectivity index (χ3n) is 11.8. The van der Waals surface area contributed by atoms with E-state index in [1.807, 2.05) is 0 Å². The molecule has 0 N–H and O–H groups in total. The zero-order valence-electron chi connectivity index (χ0n) is 34.9. The van der Waals surface area contributed by atoms with Crippen LogP contribution in [0.2, 0.25) is 0 Å². The largest absolute Gasteiger partial charge is 0.0654 e. The highest BCUT2D eigenvalue weighted by molar-refractivity contribution is 4.68. The first-order chi connectivity index (χ1) is 23.8. The van der Waals surface area contributed by atoms with Gasteiger partial charge in [0.15, 0.2) is 0 Å². The van der Waals surface area contributed by atoms with Crippen molar-refractivity contribution in [3.63, 3.8) is 0 Å². The lowest BCUT2D eigenvalue weighted by atomic mass is 9.84. The lowest BCUT2D eigenvalue weighted by Crippen LogP contribution is -2.07. The van der Waals surface area contributed by atoms with E-state index in [0.29, 0.717) is 0 Å². The van der Waals surface area contributed by atoms with Gasteiger partial charge in [-0.05, 0) is 11.8 Å². The van der Waals surface area contributed by atoms with E-state index in [0.717, 1.165) is 11.8 Å². The van der Waals surface area contributed by atoms with Crippen LogP contribution in [0.3, 0.4) is 0 Å². The molecule has 0 spiro atoms. The van der Waals surface area contributed by atoms with Gasteiger partial charge in [-0.25, -0.2) is 0 Å². The molecule has 48 heavy (non-hydrogen) atoms. The zero-order chi connectivity index (χ0) is 34.9. The molecule has 0 saturated carbocycles. The predicted octanol–water partition coefficient (Wildman–Crippen LogP) is 18.7. The van der Waals surface area contributed by atoms with E-state index in [4.69, 9.17) is 0 Å². The second-order valence-corrected chi connectivity index (χ2v) is 16.8. The molecule has 2 atom stereocenters. The molecule has 0 radical (unpaired) electrons. The molecule has 0 aromatic heterocycles. The van der Waals surface area contributed by atoms with Crippen LogP contribution in [0.5, 0.6) is 0 Å². The molecule has 0 fully saturated rings. The van der Waals surface area contributed by atoms with Crippen molar-refractivity contribution in [1.82, 2.24) is 0 Å². The van der Waals surface area contributed by atoms with Crippen LogP contribution in [0.15, 0.2) is 0 Å². The number of hydrogen-bond acceptors (Lipinski definition) is 0. The molecule has 0 rings (SSSR count). The van der Waals surface area contributed by atoms with Gasteiger partial charge in [0.1, 0.15) is 0 Å². The maximum atomic E-state index is 2.34. The average Bonchev–Trinajstić information content (AvgIpc) is 3.10. The molecule has 2 unspecified atom stereocenters. The van der Waals surface area contributed by atoms with Crippen molar-refractivity contribution in [2.75, 3.05) is 0 Å². The van der Waals surface area contributed by atoms with Gasteiger partial charge in [-0.15, -0.1) is 0 Å². The number of rotatable bonds is 43. The Bertz CT molecular complexity index is 488. The van der Waals surface area contributed by atoms with Crippen LogP contribution in [0.25, 0.3) is 0 Å². The lowest BCUT2D eigenvalue weighted by molar-refractivity contribution is 0.308. The Hall–Kier alpha value is 0. The fourth-order valence-electron chi connectivity index (χ4n) is 8.31. The molecule has 0 aromatic rings. The van der Waals surface area contributed by atoms with Gasteiger partial charge in [0.25, 0.3) is 0 Å². The van der Waals surface area contributed by atoms with Crippen LogP contribution < -0.4 is 0 Å². The highest BCUT2D eigenvalue weighted by Gasteiger charge is 2.14. The summed E-state index contributed by atoms with van der Waals surface area (Å²) in [5.41, 5.74) is 0. The summed E-state index contributed by atoms with van der Waals surface area (Å²) < 4.78 is 0. The SMILES string of the molecule is CCCCCCCCCCCCC(CCCCCCCCCC)CCC(CCCCCCCCCC)CCCCCCCCCCCC. The van der Waals surface area contributed by atoms with Crippen molar-refractivity contribution in [2.24, 2.45) is 11.8 Å². The number of unbranched alkanes of at least 4 members (excludes halogenated alkanes) is 32. The maximum Gasteiger partial charge on any atom is -0.0414 e. The van der Waals surface area contributed by atoms with Gasteiger partial charge < -0.3 is 0 Å². The molecule has 0 nitrogen and oxygen atoms in total. The van der Waals surface area contributed by atoms with E-state index in [1.54, 1.807) is 12.8 Å². The monoisotopic (exact) mass is 675 g/mol. The van der Waals surface area contributed by atoms with Gasteiger partial charge in [-0.2, -0.15) is 0 Å². The standard InChI is InChI=1S/C48H98/c1-5-9-13-17-21-25-27-31-35-39-43-47(41-37-33-29-23-19-15-11-7-3)45-46-48(42-38-34-30-24-20-16-12-8-4)44-40-36-32-28-26-22-18-14-10-6-2/h47-48H,5-46H2,1-4H3. The highest BCUT2D eigenvalue weighted by atomic mass is 14.2. The minimum Gasteiger partial charge on any atom is -0.0654 e. The summed E-state index contributed by atoms with van der Waals surface area (Å²) >= 11 is 0. The van der Waals surface area contributed by atoms with E-state index in [2.05, 4.69) is 27.7 Å². The summed E-state index contributed by atoms with van der Waals surface area (Å²) in [7, 11) is 0. The molecule has 0 aliphatic rings. The van der Waals surface area contributed by atoms with E-state index in [-0.39, 0.29) is 0 Å². The van der Waals surface area contributed by atoms with E-state index < -0.39 is 0 Å². The Morgan fingerprint density at radius 3 is 0.479 bits per heavy atom. The fourth-order valence-corrected chi connectivity index (χ4v) is 8.31. The topological polar surface area (TPSA) is 0 Å². The van der Waals surface area contributed by atoms with Gasteiger partial charge in [-0.3, -0.25) is 0 Å². The summed E-state index contributed by atoms with van der Waals surface area (Å²) in [6.45, 7) is 9.34. The third-order valence-corrected chi connectivity index (χ3v) is 11.8. The maximum absolute atomic E-state index is 2.34. The molecule has 0 aliphatic heterocycles. The molecule has 0 aliphatic carbocycles. The number of hydrogen-bond donors (Lipinski definition) is 0. The van der Waals surface area contributed by atoms with Crippen LogP contribution in [0, 0.1) is 11.8 Å². The van der Waals surface area contributed by atoms with Crippen molar-refractivity contribution in [2.45, 2.75) is 297 Å². The van der Waals surface area contributed by atoms with Crippen molar-refractivity contribution in [3.05, 3.63) is 0 Å². The van der Waals surface area contributed by atoms with E-state index in [9.17, 15) is 0 Å². The minimum absolute atomic E-state index is 1.02. The van der Waals surface area contributed by atoms with Gasteiger partial charge in [0.05, 0.1) is 0 Å². The first-order valence-corrected chi connectivity index (χ1v) is 23.8. The van der Waals surface area contributed by atoms with Crippen LogP contribution in [0.4, 0.5) is 0 Å². The second-order valence-electron chi connectivity index (χ2n) is 16.8. The molecule has 0 heteroatoms. The normalized spacial score (nSPS) is 13.0. The Kier molecular flexibility index (Phi) is 43.2. The summed E-state index contributed by atoms with van der Waals surface area (Å²) in [4.78, 5) is 0. The Morgan fingerprint density at radius 2 is 0.312 bits per heavy atom. The molecule has 0 bridgehead atoms. The predicted molar refractivity (Wildman–Crippen MR) is 224 cm³/mol. The third kappa shape index (κ3) is 38.8. The smallest absolute Gasteiger partial charge is 0.0414 e. The van der Waals surface area contributed by atoms with Gasteiger partial charge in [-0.1, -0.05) is 297 Å². The van der Waals surface area contributed by atoms with Crippen molar-refractivity contribution in [3.8, 4) is 0 Å². The summed E-state index contributed by atoms with van der Waals surface area (Å²) in [5.74, 6) is 2.04. The van der Waals surface area contributed by atoms with Crippen LogP contribution in [-0.2, 0) is 0 Å². The van der Waals surface area contributed by atoms with Crippen molar-refractivity contribution >= 4 is 0 Å². The van der Waals surface area contributed by atoms with Crippen LogP contribution in [0.1, 0.15) is 297 Å². The minimum atomic E-state index is 1.02. The molecular formula is C48H98. The summed E-state index contributed by atoms with van der Waals surface area (Å²) in [6.07, 6.45) is 62.3. The first kappa shape index (κ1) is 48.0. The molecule has 0 heterocycles. The Labute approximate surface area is 308 Å². The van der Waals surface area contributed by atoms with E-state index in [1.165, 1.54) is 257 Å². The molecule has 290 valence electrons. The quantitative estimate of drug-likeness (QED) is 0.0565. The molecule has 0 saturated heterocycles. The molecule has 0 aromatic carbocycles. The summed E-state index contributed by atoms with van der Waals surface area (Å²) in [6, 6.07) is 0. The molecule has 0 amide bonds. The van der Waals surface area contributed by atoms with Crippen molar-refractivity contribution < 1.29 is 0 Å². The Balaban J connectivity index is 4.64. The lowest BCUT2D eigenvalue weighted by Gasteiger charge is -2.22. The van der Waals surface area contributed by atoms with Crippen LogP contribution in [-0.4, -0.2) is 0 Å². The fraction of sp³-hybridized carbons (Fsp3) is 1.00. The van der Waals surface area contributed by atoms with Gasteiger partial charge >= 0.3 is 0 Å². The average molecular weight is 675 g/mol. The van der Waals surface area contributed by atoms with Gasteiger partial charge in [0, 0.05) is 0 Å². The van der Waals surface area contributed by atoms with Gasteiger partial charge in [0.2, 0.25) is 0 Å². The van der Waals surface area contributed by atoms with E-state index >= 15 is 0 Å². The zero-order valence-corrected chi connectivity index (χ0v) is 34.9. The first-order valence-electron chi connectivity index (χ1n) is 23.8. The molecular weight excluding hydrogens is 577 g/mol. The van der Waals surface area contributed by atoms with Crippen molar-refractivity contribution in [1.29, 1.82) is 0 Å². The highest BCUT2D eigenvalue weighted by Crippen LogP contribution is 2.30. The Morgan fingerprint density at radius 1 is 0.167 bits per heavy atom. The second kappa shape index (κ2) is 43.2. The van der Waals surface area contributed by atoms with Crippen LogP contribution >= 0.6 is 0 Å².